The van der Waals surface area contributed by atoms with Gasteiger partial charge in [0.1, 0.15) is 5.54 Å². The van der Waals surface area contributed by atoms with Gasteiger partial charge >= 0.3 is 6.03 Å². The molecule has 0 atom stereocenters. The van der Waals surface area contributed by atoms with Crippen LogP contribution >= 0.6 is 0 Å². The van der Waals surface area contributed by atoms with E-state index in [1.807, 2.05) is 31.2 Å². The number of nitrogens with zero attached hydrogens (tertiary/aromatic N) is 3. The fourth-order valence-corrected chi connectivity index (χ4v) is 4.19. The minimum Gasteiger partial charge on any atom is -0.359 e. The number of aryl methyl sites for hydroxylation is 1. The number of urea groups is 1. The highest BCUT2D eigenvalue weighted by molar-refractivity contribution is 6.07. The Morgan fingerprint density at radius 1 is 1.18 bits per heavy atom. The Labute approximate surface area is 164 Å². The highest BCUT2D eigenvalue weighted by atomic mass is 16.5. The number of nitrogens with one attached hydrogen (secondary N) is 1. The normalized spacial score (nSPS) is 19.0. The lowest BCUT2D eigenvalue weighted by molar-refractivity contribution is -0.135. The molecule has 28 heavy (non-hydrogen) atoms. The summed E-state index contributed by atoms with van der Waals surface area (Å²) in [6, 6.07) is 11.7. The number of aromatic nitrogens is 1. The Bertz CT molecular complexity index is 842. The number of hydrogen-bond donors (Lipinski definition) is 1. The molecule has 1 N–H and O–H groups in total. The zero-order valence-electron chi connectivity index (χ0n) is 16.2. The first-order valence-corrected chi connectivity index (χ1v) is 9.97. The number of piperidine rings is 1. The molecule has 148 valence electrons. The molecule has 2 fully saturated rings. The van der Waals surface area contributed by atoms with Crippen LogP contribution in [0.4, 0.5) is 4.79 Å². The SMILES string of the molecule is CCc1cc(CN2C(=O)N(CCc3ccccc3)C3(CCNCC3)C2=O)on1. The van der Waals surface area contributed by atoms with Crippen molar-refractivity contribution in [2.24, 2.45) is 0 Å². The quantitative estimate of drug-likeness (QED) is 0.776. The largest absolute Gasteiger partial charge is 0.359 e. The second-order valence-corrected chi connectivity index (χ2v) is 7.48. The molecule has 1 spiro atoms. The van der Waals surface area contributed by atoms with Crippen LogP contribution in [-0.2, 0) is 24.2 Å². The van der Waals surface area contributed by atoms with Crippen LogP contribution in [0.2, 0.25) is 0 Å². The fourth-order valence-electron chi connectivity index (χ4n) is 4.19. The highest BCUT2D eigenvalue weighted by Gasteiger charge is 2.57. The molecule has 1 aromatic heterocycles. The van der Waals surface area contributed by atoms with Crippen molar-refractivity contribution in [3.63, 3.8) is 0 Å². The van der Waals surface area contributed by atoms with Gasteiger partial charge in [-0.25, -0.2) is 4.79 Å². The lowest BCUT2D eigenvalue weighted by Crippen LogP contribution is -2.56. The summed E-state index contributed by atoms with van der Waals surface area (Å²) in [4.78, 5) is 29.7. The summed E-state index contributed by atoms with van der Waals surface area (Å²) in [7, 11) is 0. The van der Waals surface area contributed by atoms with Crippen molar-refractivity contribution in [2.45, 2.75) is 44.7 Å². The van der Waals surface area contributed by atoms with Crippen LogP contribution in [0.15, 0.2) is 40.9 Å². The lowest BCUT2D eigenvalue weighted by atomic mass is 9.86. The van der Waals surface area contributed by atoms with Gasteiger partial charge in [0, 0.05) is 12.6 Å². The minimum absolute atomic E-state index is 0.110. The predicted molar refractivity (Wildman–Crippen MR) is 104 cm³/mol. The van der Waals surface area contributed by atoms with Crippen LogP contribution in [-0.4, -0.2) is 52.1 Å². The summed E-state index contributed by atoms with van der Waals surface area (Å²) in [6.45, 7) is 4.13. The van der Waals surface area contributed by atoms with Gasteiger partial charge < -0.3 is 14.7 Å². The summed E-state index contributed by atoms with van der Waals surface area (Å²) in [5.41, 5.74) is 1.24. The van der Waals surface area contributed by atoms with Crippen LogP contribution in [0.1, 0.15) is 36.8 Å². The van der Waals surface area contributed by atoms with Crippen molar-refractivity contribution in [1.82, 2.24) is 20.3 Å². The van der Waals surface area contributed by atoms with E-state index in [9.17, 15) is 9.59 Å². The monoisotopic (exact) mass is 382 g/mol. The zero-order chi connectivity index (χ0) is 19.6. The van der Waals surface area contributed by atoms with Crippen LogP contribution in [0.5, 0.6) is 0 Å². The van der Waals surface area contributed by atoms with E-state index in [0.717, 1.165) is 37.2 Å². The second kappa shape index (κ2) is 7.75. The van der Waals surface area contributed by atoms with Gasteiger partial charge in [0.05, 0.1) is 12.2 Å². The maximum Gasteiger partial charge on any atom is 0.328 e. The van der Waals surface area contributed by atoms with E-state index in [0.29, 0.717) is 25.1 Å². The molecule has 0 saturated carbocycles. The van der Waals surface area contributed by atoms with Crippen molar-refractivity contribution >= 4 is 11.9 Å². The maximum absolute atomic E-state index is 13.4. The number of benzene rings is 1. The predicted octanol–water partition coefficient (Wildman–Crippen LogP) is 2.37. The number of hydrogen-bond acceptors (Lipinski definition) is 5. The van der Waals surface area contributed by atoms with Crippen LogP contribution in [0.3, 0.4) is 0 Å². The van der Waals surface area contributed by atoms with Gasteiger partial charge in [-0.1, -0.05) is 42.4 Å². The topological polar surface area (TPSA) is 78.7 Å². The summed E-state index contributed by atoms with van der Waals surface area (Å²) < 4.78 is 5.33. The van der Waals surface area contributed by atoms with Crippen molar-refractivity contribution in [1.29, 1.82) is 0 Å². The highest BCUT2D eigenvalue weighted by Crippen LogP contribution is 2.36. The Kier molecular flexibility index (Phi) is 5.17. The number of carbonyl (C=O) groups is 2. The lowest BCUT2D eigenvalue weighted by Gasteiger charge is -2.38. The first-order chi connectivity index (χ1) is 13.6. The van der Waals surface area contributed by atoms with Crippen LogP contribution < -0.4 is 5.32 Å². The van der Waals surface area contributed by atoms with E-state index in [1.165, 1.54) is 4.90 Å². The van der Waals surface area contributed by atoms with Gasteiger partial charge in [0.2, 0.25) is 0 Å². The van der Waals surface area contributed by atoms with E-state index >= 15 is 0 Å². The summed E-state index contributed by atoms with van der Waals surface area (Å²) in [5, 5.41) is 7.28. The molecule has 3 amide bonds. The zero-order valence-corrected chi connectivity index (χ0v) is 16.2. The van der Waals surface area contributed by atoms with Crippen molar-refractivity contribution < 1.29 is 14.1 Å². The molecule has 4 rings (SSSR count). The third kappa shape index (κ3) is 3.30. The number of imide groups is 1. The summed E-state index contributed by atoms with van der Waals surface area (Å²) >= 11 is 0. The second-order valence-electron chi connectivity index (χ2n) is 7.48. The minimum atomic E-state index is -0.745. The Morgan fingerprint density at radius 2 is 1.93 bits per heavy atom. The number of carbonyl (C=O) groups excluding carboxylic acids is 2. The molecule has 1 aromatic carbocycles. The molecule has 7 nitrogen and oxygen atoms in total. The van der Waals surface area contributed by atoms with Crippen molar-refractivity contribution in [2.75, 3.05) is 19.6 Å². The Morgan fingerprint density at radius 3 is 2.61 bits per heavy atom. The van der Waals surface area contributed by atoms with Crippen molar-refractivity contribution in [3.05, 3.63) is 53.4 Å². The molecule has 0 bridgehead atoms. The molecule has 2 aliphatic rings. The first-order valence-electron chi connectivity index (χ1n) is 9.97. The van der Waals surface area contributed by atoms with Crippen LogP contribution in [0.25, 0.3) is 0 Å². The molecule has 2 aliphatic heterocycles. The maximum atomic E-state index is 13.4. The average Bonchev–Trinajstić information content (AvgIpc) is 3.26. The van der Waals surface area contributed by atoms with Crippen LogP contribution in [0, 0.1) is 0 Å². The molecule has 2 aromatic rings. The van der Waals surface area contributed by atoms with Gasteiger partial charge in [-0.2, -0.15) is 0 Å². The third-order valence-electron chi connectivity index (χ3n) is 5.80. The first kappa shape index (κ1) is 18.7. The third-order valence-corrected chi connectivity index (χ3v) is 5.80. The van der Waals surface area contributed by atoms with Gasteiger partial charge in [-0.3, -0.25) is 9.69 Å². The van der Waals surface area contributed by atoms with Gasteiger partial charge in [0.25, 0.3) is 5.91 Å². The van der Waals surface area contributed by atoms with E-state index in [2.05, 4.69) is 22.6 Å². The smallest absolute Gasteiger partial charge is 0.328 e. The molecule has 7 heteroatoms. The Hall–Kier alpha value is -2.67. The molecular formula is C21H26N4O3. The van der Waals surface area contributed by atoms with Gasteiger partial charge in [-0.15, -0.1) is 0 Å². The van der Waals surface area contributed by atoms with E-state index < -0.39 is 5.54 Å². The molecular weight excluding hydrogens is 356 g/mol. The molecule has 3 heterocycles. The van der Waals surface area contributed by atoms with E-state index in [4.69, 9.17) is 4.52 Å². The number of rotatable bonds is 6. The fraction of sp³-hybridized carbons (Fsp3) is 0.476. The molecule has 2 saturated heterocycles. The summed E-state index contributed by atoms with van der Waals surface area (Å²) in [5.74, 6) is 0.439. The van der Waals surface area contributed by atoms with Crippen molar-refractivity contribution in [3.8, 4) is 0 Å². The number of amides is 3. The van der Waals surface area contributed by atoms with E-state index in [-0.39, 0.29) is 18.5 Å². The van der Waals surface area contributed by atoms with E-state index in [1.54, 1.807) is 4.90 Å². The molecule has 0 radical (unpaired) electrons. The summed E-state index contributed by atoms with van der Waals surface area (Å²) in [6.07, 6.45) is 2.76. The Balaban J connectivity index is 1.57. The standard InChI is InChI=1S/C21H26N4O3/c1-2-17-14-18(28-23-17)15-24-19(26)21(9-11-22-12-10-21)25(20(24)27)13-8-16-6-4-3-5-7-16/h3-7,14,22H,2,8-13,15H2,1H3. The van der Waals surface area contributed by atoms with Gasteiger partial charge in [0.15, 0.2) is 5.76 Å². The average molecular weight is 382 g/mol. The molecule has 0 unspecified atom stereocenters. The van der Waals surface area contributed by atoms with Gasteiger partial charge in [-0.05, 0) is 44.3 Å². The molecule has 0 aliphatic carbocycles.